The molecule has 0 radical (unpaired) electrons. The van der Waals surface area contributed by atoms with Crippen LogP contribution < -0.4 is 16.0 Å². The number of rotatable bonds is 12. The lowest BCUT2D eigenvalue weighted by atomic mass is 9.92. The first kappa shape index (κ1) is 40.4. The second kappa shape index (κ2) is 17.2. The molecule has 6 atom stereocenters. The molecule has 0 saturated carbocycles. The molecule has 2 aromatic rings. The van der Waals surface area contributed by atoms with E-state index in [1.54, 1.807) is 71.9 Å². The molecule has 0 spiro atoms. The molecule has 51 heavy (non-hydrogen) atoms. The van der Waals surface area contributed by atoms with E-state index in [-0.39, 0.29) is 29.6 Å². The minimum absolute atomic E-state index is 0.0143. The Balaban J connectivity index is 1.97. The van der Waals surface area contributed by atoms with Gasteiger partial charge in [0.15, 0.2) is 12.4 Å². The zero-order valence-electron chi connectivity index (χ0n) is 30.3. The maximum absolute atomic E-state index is 13.6. The summed E-state index contributed by atoms with van der Waals surface area (Å²) in [5.41, 5.74) is 3.51. The highest BCUT2D eigenvalue weighted by atomic mass is 16.6. The van der Waals surface area contributed by atoms with Crippen LogP contribution in [0.15, 0.2) is 47.5 Å². The number of aliphatic hydroxyl groups excluding tert-OH is 1. The van der Waals surface area contributed by atoms with Crippen LogP contribution in [0.5, 0.6) is 0 Å². The van der Waals surface area contributed by atoms with Gasteiger partial charge < -0.3 is 40.1 Å². The van der Waals surface area contributed by atoms with Crippen molar-refractivity contribution >= 4 is 36.1 Å². The molecule has 0 aliphatic carbocycles. The average Bonchev–Trinajstić information content (AvgIpc) is 3.65. The number of ether oxygens (including phenoxy) is 4. The SMILES string of the molecule is CC(C)[C@H](C)C(=O)N=C([NH+]=CN)c1ccc([C@]2(C#N)O[C@H](COC(=O)Cc3ccccc3)[C@@H](OC(=O)[C@@H](NC(=O)OC(C)(C)C)C(C)C)[C@H]2O)[nH]1. The molecule has 2 heterocycles. The third-order valence-corrected chi connectivity index (χ3v) is 8.22. The van der Waals surface area contributed by atoms with E-state index in [1.165, 1.54) is 12.1 Å². The van der Waals surface area contributed by atoms with Crippen LogP contribution in [0, 0.1) is 29.1 Å². The standard InChI is InChI=1S/C36H48N6O9/c1-20(2)22(5)32(45)42-31(39-19-38)24-14-15-26(40-24)36(18-37)30(44)29(25(50-36)17-48-27(43)16-23-12-10-9-11-13-23)49-33(46)28(21(3)4)41-34(47)51-35(6,7)8/h9-15,19-22,25,28-30,40,44H,16-17H2,1-8H3,(H,41,47)(H2,38,39,42,45)/p+1/t22-,25+,28-,29+,30+,36-/m0/s1. The normalized spacial score (nSPS) is 22.0. The molecule has 15 heteroatoms. The van der Waals surface area contributed by atoms with E-state index in [4.69, 9.17) is 24.7 Å². The van der Waals surface area contributed by atoms with Crippen molar-refractivity contribution in [1.29, 1.82) is 5.26 Å². The van der Waals surface area contributed by atoms with Crippen LogP contribution in [-0.4, -0.2) is 82.8 Å². The summed E-state index contributed by atoms with van der Waals surface area (Å²) in [6.07, 6.45) is -4.56. The number of aliphatic imine (C=N–C) groups is 1. The third kappa shape index (κ3) is 10.5. The van der Waals surface area contributed by atoms with E-state index < -0.39 is 77.9 Å². The number of alkyl carbamates (subject to hydrolysis) is 1. The Morgan fingerprint density at radius 2 is 1.78 bits per heavy atom. The zero-order chi connectivity index (χ0) is 38.1. The van der Waals surface area contributed by atoms with E-state index in [9.17, 15) is 29.5 Å². The molecule has 1 fully saturated rings. The number of amidine groups is 1. The van der Waals surface area contributed by atoms with Gasteiger partial charge >= 0.3 is 23.9 Å². The summed E-state index contributed by atoms with van der Waals surface area (Å²) >= 11 is 0. The Hall–Kier alpha value is -5.07. The predicted molar refractivity (Wildman–Crippen MR) is 185 cm³/mol. The number of hydrogen-bond acceptors (Lipinski definition) is 10. The first-order valence-corrected chi connectivity index (χ1v) is 16.7. The number of amides is 2. The lowest BCUT2D eigenvalue weighted by molar-refractivity contribution is -0.309. The summed E-state index contributed by atoms with van der Waals surface area (Å²) in [5.74, 6) is -2.81. The summed E-state index contributed by atoms with van der Waals surface area (Å²) < 4.78 is 22.7. The minimum atomic E-state index is -2.18. The van der Waals surface area contributed by atoms with Gasteiger partial charge in [-0.2, -0.15) is 5.26 Å². The van der Waals surface area contributed by atoms with Gasteiger partial charge in [-0.3, -0.25) is 9.59 Å². The fourth-order valence-electron chi connectivity index (χ4n) is 5.08. The topological polar surface area (TPSA) is 229 Å². The quantitative estimate of drug-likeness (QED) is 0.0915. The zero-order valence-corrected chi connectivity index (χ0v) is 30.3. The predicted octanol–water partition coefficient (Wildman–Crippen LogP) is 1.37. The maximum atomic E-state index is 13.6. The van der Waals surface area contributed by atoms with Gasteiger partial charge in [0.2, 0.25) is 5.60 Å². The van der Waals surface area contributed by atoms with Gasteiger partial charge in [0.25, 0.3) is 5.84 Å². The number of carbonyl (C=O) groups is 4. The first-order valence-electron chi connectivity index (χ1n) is 16.7. The number of nitrogens with two attached hydrogens (primary N) is 1. The van der Waals surface area contributed by atoms with Gasteiger partial charge in [0.1, 0.15) is 42.2 Å². The summed E-state index contributed by atoms with van der Waals surface area (Å²) in [7, 11) is 0. The number of hydrogen-bond donors (Lipinski definition) is 5. The van der Waals surface area contributed by atoms with Gasteiger partial charge in [-0.1, -0.05) is 69.9 Å². The van der Waals surface area contributed by atoms with E-state index in [0.29, 0.717) is 5.56 Å². The maximum Gasteiger partial charge on any atom is 0.408 e. The number of esters is 2. The Kier molecular flexibility index (Phi) is 13.6. The molecule has 1 aromatic heterocycles. The summed E-state index contributed by atoms with van der Waals surface area (Å²) in [5, 5.41) is 24.8. The summed E-state index contributed by atoms with van der Waals surface area (Å²) in [6, 6.07) is 12.6. The fourth-order valence-corrected chi connectivity index (χ4v) is 5.08. The molecule has 2 amide bonds. The van der Waals surface area contributed by atoms with E-state index in [1.807, 2.05) is 19.9 Å². The summed E-state index contributed by atoms with van der Waals surface area (Å²) in [6.45, 7) is 13.4. The van der Waals surface area contributed by atoms with Gasteiger partial charge in [-0.15, -0.1) is 0 Å². The van der Waals surface area contributed by atoms with Crippen molar-refractivity contribution in [3.8, 4) is 6.07 Å². The monoisotopic (exact) mass is 709 g/mol. The van der Waals surface area contributed by atoms with Crippen molar-refractivity contribution in [1.82, 2.24) is 10.3 Å². The van der Waals surface area contributed by atoms with Gasteiger partial charge in [-0.25, -0.2) is 14.6 Å². The van der Waals surface area contributed by atoms with Crippen LogP contribution in [0.4, 0.5) is 4.79 Å². The van der Waals surface area contributed by atoms with Crippen molar-refractivity contribution in [3.63, 3.8) is 0 Å². The average molecular weight is 710 g/mol. The van der Waals surface area contributed by atoms with Crippen molar-refractivity contribution in [2.75, 3.05) is 6.61 Å². The number of nitrogens with zero attached hydrogens (tertiary/aromatic N) is 2. The Labute approximate surface area is 297 Å². The highest BCUT2D eigenvalue weighted by Crippen LogP contribution is 2.41. The number of aromatic nitrogens is 1. The van der Waals surface area contributed by atoms with E-state index in [2.05, 4.69) is 20.3 Å². The smallest absolute Gasteiger partial charge is 0.408 e. The summed E-state index contributed by atoms with van der Waals surface area (Å²) in [4.78, 5) is 61.6. The Bertz CT molecular complexity index is 1640. The highest BCUT2D eigenvalue weighted by Gasteiger charge is 2.59. The van der Waals surface area contributed by atoms with Crippen LogP contribution in [0.3, 0.4) is 0 Å². The lowest BCUT2D eigenvalue weighted by Crippen LogP contribution is -2.76. The van der Waals surface area contributed by atoms with E-state index >= 15 is 0 Å². The van der Waals surface area contributed by atoms with Gasteiger partial charge in [0, 0.05) is 0 Å². The van der Waals surface area contributed by atoms with E-state index in [0.717, 1.165) is 6.34 Å². The first-order chi connectivity index (χ1) is 23.9. The molecular weight excluding hydrogens is 660 g/mol. The van der Waals surface area contributed by atoms with Crippen molar-refractivity contribution in [2.24, 2.45) is 28.5 Å². The number of nitriles is 1. The van der Waals surface area contributed by atoms with Crippen LogP contribution in [0.25, 0.3) is 0 Å². The Morgan fingerprint density at radius 1 is 1.12 bits per heavy atom. The van der Waals surface area contributed by atoms with Crippen LogP contribution in [0.2, 0.25) is 0 Å². The van der Waals surface area contributed by atoms with Crippen LogP contribution in [-0.2, 0) is 45.4 Å². The second-order valence-corrected chi connectivity index (χ2v) is 14.0. The molecule has 1 aliphatic rings. The molecule has 15 nitrogen and oxygen atoms in total. The number of aliphatic hydroxyl groups is 1. The van der Waals surface area contributed by atoms with Crippen molar-refractivity contribution in [2.45, 2.75) is 97.4 Å². The van der Waals surface area contributed by atoms with Crippen LogP contribution in [0.1, 0.15) is 72.3 Å². The molecular formula is C36H49N6O9+. The number of nitrogens with one attached hydrogen (secondary N) is 3. The largest absolute Gasteiger partial charge is 0.463 e. The minimum Gasteiger partial charge on any atom is -0.463 e. The molecule has 6 N–H and O–H groups in total. The molecule has 0 bridgehead atoms. The number of aromatic amines is 1. The van der Waals surface area contributed by atoms with Gasteiger partial charge in [0.05, 0.1) is 18.0 Å². The molecule has 276 valence electrons. The fraction of sp³-hybridized carbons (Fsp3) is 0.528. The molecule has 3 rings (SSSR count). The lowest BCUT2D eigenvalue weighted by Gasteiger charge is -2.28. The molecule has 1 saturated heterocycles. The number of benzene rings is 1. The van der Waals surface area contributed by atoms with Gasteiger partial charge in [-0.05, 0) is 50.3 Å². The van der Waals surface area contributed by atoms with Crippen LogP contribution >= 0.6 is 0 Å². The highest BCUT2D eigenvalue weighted by molar-refractivity contribution is 5.99. The number of carbonyl (C=O) groups excluding carboxylic acids is 4. The second-order valence-electron chi connectivity index (χ2n) is 14.0. The molecule has 1 aromatic carbocycles. The molecule has 0 unspecified atom stereocenters. The van der Waals surface area contributed by atoms with Crippen molar-refractivity contribution < 1.29 is 48.2 Å². The number of H-pyrrole nitrogens is 1. The van der Waals surface area contributed by atoms with Crippen molar-refractivity contribution in [3.05, 3.63) is 59.4 Å². The molecule has 1 aliphatic heterocycles. The Morgan fingerprint density at radius 3 is 2.35 bits per heavy atom. The third-order valence-electron chi connectivity index (χ3n) is 8.22.